The number of ether oxygens (including phenoxy) is 2. The van der Waals surface area contributed by atoms with Crippen LogP contribution in [0.1, 0.15) is 25.3 Å². The summed E-state index contributed by atoms with van der Waals surface area (Å²) in [6.45, 7) is 3.90. The average molecular weight is 254 g/mol. The van der Waals surface area contributed by atoms with Crippen LogP contribution in [0.3, 0.4) is 0 Å². The summed E-state index contributed by atoms with van der Waals surface area (Å²) in [5.74, 6) is 0.471. The first-order valence-corrected chi connectivity index (χ1v) is 6.12. The third-order valence-electron chi connectivity index (χ3n) is 2.15. The zero-order valence-corrected chi connectivity index (χ0v) is 10.8. The normalized spacial score (nSPS) is 10.2. The van der Waals surface area contributed by atoms with Crippen molar-refractivity contribution in [2.75, 3.05) is 19.8 Å². The Kier molecular flexibility index (Phi) is 6.50. The summed E-state index contributed by atoms with van der Waals surface area (Å²) in [5.41, 5.74) is 6.23. The number of hydrogen-bond donors (Lipinski definition) is 1. The van der Waals surface area contributed by atoms with E-state index in [1.807, 2.05) is 0 Å². The first kappa shape index (κ1) is 13.9. The Morgan fingerprint density at radius 1 is 1.41 bits per heavy atom. The van der Waals surface area contributed by atoms with Crippen LogP contribution in [0.4, 0.5) is 0 Å². The Balaban J connectivity index is 2.34. The molecule has 1 rings (SSSR count). The van der Waals surface area contributed by atoms with Gasteiger partial charge in [0, 0.05) is 12.8 Å². The standard InChI is InChI=1S/C12H18N2O2S/c1-2-3-7-15-8-9-16-12-10(11(13)17)5-4-6-14-12/h4-6H,2-3,7-9H2,1H3,(H2,13,17). The summed E-state index contributed by atoms with van der Waals surface area (Å²) in [6.07, 6.45) is 3.85. The molecular weight excluding hydrogens is 236 g/mol. The Morgan fingerprint density at radius 2 is 2.24 bits per heavy atom. The zero-order valence-electron chi connectivity index (χ0n) is 10.0. The topological polar surface area (TPSA) is 57.4 Å². The summed E-state index contributed by atoms with van der Waals surface area (Å²) in [6, 6.07) is 3.57. The molecule has 0 amide bonds. The Morgan fingerprint density at radius 3 is 2.94 bits per heavy atom. The third kappa shape index (κ3) is 5.10. The van der Waals surface area contributed by atoms with Crippen LogP contribution in [0.5, 0.6) is 5.88 Å². The molecule has 0 spiro atoms. The fourth-order valence-corrected chi connectivity index (χ4v) is 1.39. The Labute approximate surface area is 107 Å². The van der Waals surface area contributed by atoms with Crippen molar-refractivity contribution >= 4 is 17.2 Å². The predicted molar refractivity (Wildman–Crippen MR) is 71.3 cm³/mol. The molecule has 0 saturated heterocycles. The van der Waals surface area contributed by atoms with Gasteiger partial charge in [0.15, 0.2) is 0 Å². The van der Waals surface area contributed by atoms with Crippen molar-refractivity contribution < 1.29 is 9.47 Å². The minimum absolute atomic E-state index is 0.292. The highest BCUT2D eigenvalue weighted by molar-refractivity contribution is 7.80. The third-order valence-corrected chi connectivity index (χ3v) is 2.37. The molecule has 0 aliphatic carbocycles. The minimum Gasteiger partial charge on any atom is -0.475 e. The van der Waals surface area contributed by atoms with E-state index in [4.69, 9.17) is 27.4 Å². The van der Waals surface area contributed by atoms with Crippen molar-refractivity contribution in [1.82, 2.24) is 4.98 Å². The van der Waals surface area contributed by atoms with E-state index >= 15 is 0 Å². The summed E-state index contributed by atoms with van der Waals surface area (Å²) in [4.78, 5) is 4.38. The number of hydrogen-bond acceptors (Lipinski definition) is 4. The van der Waals surface area contributed by atoms with Crippen LogP contribution in [0.25, 0.3) is 0 Å². The maximum absolute atomic E-state index is 5.56. The molecule has 1 aromatic rings. The lowest BCUT2D eigenvalue weighted by atomic mass is 10.3. The van der Waals surface area contributed by atoms with Crippen LogP contribution in [0.15, 0.2) is 18.3 Å². The second-order valence-electron chi connectivity index (χ2n) is 3.53. The summed E-state index contributed by atoms with van der Waals surface area (Å²) >= 11 is 4.91. The molecule has 17 heavy (non-hydrogen) atoms. The lowest BCUT2D eigenvalue weighted by Gasteiger charge is -2.09. The van der Waals surface area contributed by atoms with Crippen molar-refractivity contribution in [1.29, 1.82) is 0 Å². The Hall–Kier alpha value is -1.20. The van der Waals surface area contributed by atoms with E-state index in [1.165, 1.54) is 0 Å². The van der Waals surface area contributed by atoms with Crippen LogP contribution in [-0.4, -0.2) is 29.8 Å². The molecular formula is C12H18N2O2S. The van der Waals surface area contributed by atoms with E-state index in [-0.39, 0.29) is 0 Å². The largest absolute Gasteiger partial charge is 0.475 e. The molecule has 2 N–H and O–H groups in total. The van der Waals surface area contributed by atoms with Crippen molar-refractivity contribution in [3.8, 4) is 5.88 Å². The second-order valence-corrected chi connectivity index (χ2v) is 3.97. The first-order valence-electron chi connectivity index (χ1n) is 5.71. The van der Waals surface area contributed by atoms with Crippen LogP contribution >= 0.6 is 12.2 Å². The predicted octanol–water partition coefficient (Wildman–Crippen LogP) is 1.91. The first-order chi connectivity index (χ1) is 8.25. The van der Waals surface area contributed by atoms with Crippen molar-refractivity contribution in [2.45, 2.75) is 19.8 Å². The smallest absolute Gasteiger partial charge is 0.223 e. The minimum atomic E-state index is 0.292. The fraction of sp³-hybridized carbons (Fsp3) is 0.500. The maximum atomic E-state index is 5.56. The van der Waals surface area contributed by atoms with Gasteiger partial charge in [-0.05, 0) is 18.6 Å². The van der Waals surface area contributed by atoms with E-state index in [1.54, 1.807) is 18.3 Å². The number of nitrogens with two attached hydrogens (primary N) is 1. The molecule has 4 nitrogen and oxygen atoms in total. The molecule has 0 bridgehead atoms. The Bertz CT molecular complexity index is 358. The van der Waals surface area contributed by atoms with Gasteiger partial charge in [-0.2, -0.15) is 0 Å². The van der Waals surface area contributed by atoms with E-state index in [0.29, 0.717) is 29.6 Å². The molecule has 1 heterocycles. The molecule has 94 valence electrons. The van der Waals surface area contributed by atoms with Gasteiger partial charge in [0.05, 0.1) is 12.2 Å². The number of nitrogens with zero attached hydrogens (tertiary/aromatic N) is 1. The average Bonchev–Trinajstić information content (AvgIpc) is 2.34. The lowest BCUT2D eigenvalue weighted by molar-refractivity contribution is 0.0964. The van der Waals surface area contributed by atoms with Gasteiger partial charge >= 0.3 is 0 Å². The van der Waals surface area contributed by atoms with Gasteiger partial charge in [-0.15, -0.1) is 0 Å². The van der Waals surface area contributed by atoms with Gasteiger partial charge in [-0.1, -0.05) is 25.6 Å². The number of pyridine rings is 1. The highest BCUT2D eigenvalue weighted by Gasteiger charge is 2.06. The van der Waals surface area contributed by atoms with Crippen molar-refractivity contribution in [3.63, 3.8) is 0 Å². The molecule has 5 heteroatoms. The SMILES string of the molecule is CCCCOCCOc1ncccc1C(N)=S. The molecule has 0 saturated carbocycles. The van der Waals surface area contributed by atoms with Gasteiger partial charge in [-0.3, -0.25) is 0 Å². The quantitative estimate of drug-likeness (QED) is 0.567. The van der Waals surface area contributed by atoms with Crippen molar-refractivity contribution in [2.24, 2.45) is 5.73 Å². The molecule has 0 aromatic carbocycles. The van der Waals surface area contributed by atoms with Crippen LogP contribution in [-0.2, 0) is 4.74 Å². The lowest BCUT2D eigenvalue weighted by Crippen LogP contribution is -2.14. The number of unbranched alkanes of at least 4 members (excludes halogenated alkanes) is 1. The van der Waals surface area contributed by atoms with Gasteiger partial charge in [-0.25, -0.2) is 4.98 Å². The van der Waals surface area contributed by atoms with Crippen LogP contribution < -0.4 is 10.5 Å². The fourth-order valence-electron chi connectivity index (χ4n) is 1.24. The number of thiocarbonyl (C=S) groups is 1. The second kappa shape index (κ2) is 7.97. The van der Waals surface area contributed by atoms with Gasteiger partial charge in [0.2, 0.25) is 5.88 Å². The molecule has 0 unspecified atom stereocenters. The van der Waals surface area contributed by atoms with Crippen LogP contribution in [0, 0.1) is 0 Å². The molecule has 0 aliphatic rings. The molecule has 0 atom stereocenters. The number of aromatic nitrogens is 1. The van der Waals surface area contributed by atoms with Gasteiger partial charge in [0.25, 0.3) is 0 Å². The molecule has 0 radical (unpaired) electrons. The summed E-state index contributed by atoms with van der Waals surface area (Å²) < 4.78 is 10.9. The molecule has 0 fully saturated rings. The molecule has 1 aromatic heterocycles. The van der Waals surface area contributed by atoms with Gasteiger partial charge < -0.3 is 15.2 Å². The number of rotatable bonds is 8. The summed E-state index contributed by atoms with van der Waals surface area (Å²) in [7, 11) is 0. The highest BCUT2D eigenvalue weighted by atomic mass is 32.1. The van der Waals surface area contributed by atoms with Gasteiger partial charge in [0.1, 0.15) is 11.6 Å². The maximum Gasteiger partial charge on any atom is 0.223 e. The van der Waals surface area contributed by atoms with E-state index < -0.39 is 0 Å². The van der Waals surface area contributed by atoms with Crippen molar-refractivity contribution in [3.05, 3.63) is 23.9 Å². The van der Waals surface area contributed by atoms with E-state index in [2.05, 4.69) is 11.9 Å². The zero-order chi connectivity index (χ0) is 12.5. The van der Waals surface area contributed by atoms with E-state index in [9.17, 15) is 0 Å². The van der Waals surface area contributed by atoms with Crippen LogP contribution in [0.2, 0.25) is 0 Å². The summed E-state index contributed by atoms with van der Waals surface area (Å²) in [5, 5.41) is 0. The van der Waals surface area contributed by atoms with E-state index in [0.717, 1.165) is 19.4 Å². The molecule has 0 aliphatic heterocycles. The highest BCUT2D eigenvalue weighted by Crippen LogP contribution is 2.13. The monoisotopic (exact) mass is 254 g/mol.